The molecule has 0 aliphatic heterocycles. The highest BCUT2D eigenvalue weighted by molar-refractivity contribution is 5.40. The zero-order valence-electron chi connectivity index (χ0n) is 9.13. The molecule has 86 valence electrons. The van der Waals surface area contributed by atoms with Crippen LogP contribution in [-0.4, -0.2) is 19.9 Å². The average molecular weight is 223 g/mol. The third-order valence-corrected chi connectivity index (χ3v) is 1.77. The summed E-state index contributed by atoms with van der Waals surface area (Å²) in [6.07, 6.45) is 0. The lowest BCUT2D eigenvalue weighted by Crippen LogP contribution is -2.03. The summed E-state index contributed by atoms with van der Waals surface area (Å²) in [6.45, 7) is 2.66. The lowest BCUT2D eigenvalue weighted by molar-refractivity contribution is 0.0201. The molecule has 0 aliphatic rings. The van der Waals surface area contributed by atoms with Crippen LogP contribution in [0.2, 0.25) is 0 Å². The highest BCUT2D eigenvalue weighted by Gasteiger charge is 2.03. The first-order chi connectivity index (χ1) is 7.77. The van der Waals surface area contributed by atoms with Gasteiger partial charge in [-0.15, -0.1) is 0 Å². The van der Waals surface area contributed by atoms with Crippen LogP contribution >= 0.6 is 0 Å². The first kappa shape index (κ1) is 12.5. The normalized spacial score (nSPS) is 9.44. The average Bonchev–Trinajstić information content (AvgIpc) is 2.30. The number of halogens is 1. The predicted octanol–water partition coefficient (Wildman–Crippen LogP) is 1.51. The van der Waals surface area contributed by atoms with E-state index >= 15 is 0 Å². The fourth-order valence-electron chi connectivity index (χ4n) is 1.03. The molecule has 0 atom stereocenters. The summed E-state index contributed by atoms with van der Waals surface area (Å²) in [5.74, 6) is 5.19. The van der Waals surface area contributed by atoms with Crippen molar-refractivity contribution in [3.05, 3.63) is 29.6 Å². The molecule has 0 bridgehead atoms. The van der Waals surface area contributed by atoms with Gasteiger partial charge in [0.05, 0.1) is 6.54 Å². The molecule has 1 aromatic carbocycles. The van der Waals surface area contributed by atoms with E-state index in [2.05, 4.69) is 11.8 Å². The molecule has 0 saturated heterocycles. The van der Waals surface area contributed by atoms with Crippen LogP contribution in [0, 0.1) is 17.7 Å². The fraction of sp³-hybridized carbons (Fsp3) is 0.333. The Hall–Kier alpha value is -1.57. The Kier molecular flexibility index (Phi) is 5.34. The molecule has 0 aliphatic carbocycles. The van der Waals surface area contributed by atoms with Crippen molar-refractivity contribution in [2.75, 3.05) is 19.9 Å². The van der Waals surface area contributed by atoms with Crippen molar-refractivity contribution in [3.8, 4) is 17.6 Å². The minimum atomic E-state index is -0.432. The van der Waals surface area contributed by atoms with Crippen LogP contribution in [0.3, 0.4) is 0 Å². The van der Waals surface area contributed by atoms with Gasteiger partial charge in [-0.3, -0.25) is 0 Å². The van der Waals surface area contributed by atoms with E-state index in [9.17, 15) is 4.39 Å². The summed E-state index contributed by atoms with van der Waals surface area (Å²) in [5.41, 5.74) is 5.91. The molecule has 0 saturated carbocycles. The molecule has 0 spiro atoms. The smallest absolute Gasteiger partial charge is 0.189 e. The number of hydrogen-bond acceptors (Lipinski definition) is 3. The van der Waals surface area contributed by atoms with Gasteiger partial charge in [-0.05, 0) is 25.1 Å². The molecule has 0 amide bonds. The molecule has 0 aromatic heterocycles. The zero-order valence-corrected chi connectivity index (χ0v) is 9.13. The maximum Gasteiger partial charge on any atom is 0.189 e. The summed E-state index contributed by atoms with van der Waals surface area (Å²) < 4.78 is 23.3. The van der Waals surface area contributed by atoms with Gasteiger partial charge in [0.25, 0.3) is 0 Å². The van der Waals surface area contributed by atoms with Gasteiger partial charge in [-0.1, -0.05) is 11.8 Å². The minimum absolute atomic E-state index is 0.0290. The molecule has 4 heteroatoms. The number of ether oxygens (including phenoxy) is 2. The van der Waals surface area contributed by atoms with E-state index in [0.717, 1.165) is 0 Å². The van der Waals surface area contributed by atoms with Gasteiger partial charge in [-0.2, -0.15) is 0 Å². The van der Waals surface area contributed by atoms with E-state index in [4.69, 9.17) is 15.2 Å². The summed E-state index contributed by atoms with van der Waals surface area (Å²) in [6, 6.07) is 4.41. The van der Waals surface area contributed by atoms with Crippen molar-refractivity contribution in [1.29, 1.82) is 0 Å². The van der Waals surface area contributed by atoms with Gasteiger partial charge in [0.1, 0.15) is 0 Å². The number of nitrogens with two attached hydrogens (primary N) is 1. The second-order valence-corrected chi connectivity index (χ2v) is 2.91. The van der Waals surface area contributed by atoms with Crippen LogP contribution in [0.15, 0.2) is 18.2 Å². The quantitative estimate of drug-likeness (QED) is 0.478. The van der Waals surface area contributed by atoms with Gasteiger partial charge < -0.3 is 15.2 Å². The molecule has 16 heavy (non-hydrogen) atoms. The molecule has 0 radical (unpaired) electrons. The Morgan fingerprint density at radius 2 is 2.25 bits per heavy atom. The monoisotopic (exact) mass is 223 g/mol. The van der Waals surface area contributed by atoms with Crippen molar-refractivity contribution < 1.29 is 13.9 Å². The van der Waals surface area contributed by atoms with E-state index in [-0.39, 0.29) is 19.1 Å². The van der Waals surface area contributed by atoms with Gasteiger partial charge in [0.15, 0.2) is 18.4 Å². The molecular formula is C12H14FNO2. The molecule has 1 rings (SSSR count). The lowest BCUT2D eigenvalue weighted by Gasteiger charge is -2.06. The lowest BCUT2D eigenvalue weighted by atomic mass is 10.2. The maximum atomic E-state index is 13.3. The van der Waals surface area contributed by atoms with E-state index < -0.39 is 5.82 Å². The zero-order chi connectivity index (χ0) is 11.8. The molecule has 0 fully saturated rings. The first-order valence-electron chi connectivity index (χ1n) is 4.97. The van der Waals surface area contributed by atoms with Crippen molar-refractivity contribution in [3.63, 3.8) is 0 Å². The van der Waals surface area contributed by atoms with Crippen molar-refractivity contribution in [2.24, 2.45) is 5.73 Å². The van der Waals surface area contributed by atoms with Gasteiger partial charge in [0, 0.05) is 12.2 Å². The third kappa shape index (κ3) is 3.89. The van der Waals surface area contributed by atoms with Crippen LogP contribution in [0.5, 0.6) is 5.75 Å². The van der Waals surface area contributed by atoms with Gasteiger partial charge in [-0.25, -0.2) is 4.39 Å². The molecule has 2 N–H and O–H groups in total. The van der Waals surface area contributed by atoms with E-state index in [1.807, 2.05) is 6.92 Å². The second-order valence-electron chi connectivity index (χ2n) is 2.91. The Labute approximate surface area is 94.4 Å². The van der Waals surface area contributed by atoms with Crippen LogP contribution in [0.4, 0.5) is 4.39 Å². The SMILES string of the molecule is CCOCOc1cc(C#CCN)ccc1F. The summed E-state index contributed by atoms with van der Waals surface area (Å²) in [4.78, 5) is 0. The van der Waals surface area contributed by atoms with Crippen LogP contribution in [0.1, 0.15) is 12.5 Å². The van der Waals surface area contributed by atoms with Gasteiger partial charge >= 0.3 is 0 Å². The van der Waals surface area contributed by atoms with E-state index in [1.165, 1.54) is 12.1 Å². The van der Waals surface area contributed by atoms with Crippen molar-refractivity contribution in [2.45, 2.75) is 6.92 Å². The first-order valence-corrected chi connectivity index (χ1v) is 4.97. The highest BCUT2D eigenvalue weighted by Crippen LogP contribution is 2.18. The number of hydrogen-bond donors (Lipinski definition) is 1. The van der Waals surface area contributed by atoms with E-state index in [0.29, 0.717) is 12.2 Å². The fourth-order valence-corrected chi connectivity index (χ4v) is 1.03. The number of benzene rings is 1. The van der Waals surface area contributed by atoms with E-state index in [1.54, 1.807) is 6.07 Å². The second kappa shape index (κ2) is 6.83. The Morgan fingerprint density at radius 1 is 1.44 bits per heavy atom. The minimum Gasteiger partial charge on any atom is -0.464 e. The summed E-state index contributed by atoms with van der Waals surface area (Å²) in [5, 5.41) is 0. The van der Waals surface area contributed by atoms with Crippen LogP contribution in [-0.2, 0) is 4.74 Å². The predicted molar refractivity (Wildman–Crippen MR) is 59.5 cm³/mol. The van der Waals surface area contributed by atoms with Gasteiger partial charge in [0.2, 0.25) is 0 Å². The molecule has 1 aromatic rings. The third-order valence-electron chi connectivity index (χ3n) is 1.77. The topological polar surface area (TPSA) is 44.5 Å². The summed E-state index contributed by atoms with van der Waals surface area (Å²) in [7, 11) is 0. The largest absolute Gasteiger partial charge is 0.464 e. The highest BCUT2D eigenvalue weighted by atomic mass is 19.1. The van der Waals surface area contributed by atoms with Crippen LogP contribution < -0.4 is 10.5 Å². The molecule has 0 heterocycles. The number of rotatable bonds is 4. The Bertz CT molecular complexity index is 396. The molecular weight excluding hydrogens is 209 g/mol. The van der Waals surface area contributed by atoms with Crippen LogP contribution in [0.25, 0.3) is 0 Å². The maximum absolute atomic E-state index is 13.3. The molecule has 0 unspecified atom stereocenters. The van der Waals surface area contributed by atoms with Crippen molar-refractivity contribution in [1.82, 2.24) is 0 Å². The molecule has 3 nitrogen and oxygen atoms in total. The Balaban J connectivity index is 2.74. The standard InChI is InChI=1S/C12H14FNO2/c1-2-15-9-16-12-8-10(4-3-7-14)5-6-11(12)13/h5-6,8H,2,7,9,14H2,1H3. The van der Waals surface area contributed by atoms with Crippen molar-refractivity contribution >= 4 is 0 Å². The Morgan fingerprint density at radius 3 is 2.94 bits per heavy atom. The summed E-state index contributed by atoms with van der Waals surface area (Å²) >= 11 is 0.